The normalized spacial score (nSPS) is 11.0. The minimum atomic E-state index is 1.01. The molecule has 0 aliphatic heterocycles. The maximum absolute atomic E-state index is 4.59. The van der Waals surface area contributed by atoms with Crippen molar-refractivity contribution in [2.24, 2.45) is 0 Å². The van der Waals surface area contributed by atoms with Gasteiger partial charge in [-0.1, -0.05) is 6.07 Å². The summed E-state index contributed by atoms with van der Waals surface area (Å²) in [5.74, 6) is 0. The first-order valence-corrected chi connectivity index (χ1v) is 5.70. The number of thiophene rings is 1. The van der Waals surface area contributed by atoms with E-state index in [0.717, 1.165) is 11.3 Å². The first-order valence-electron chi connectivity index (χ1n) is 4.82. The van der Waals surface area contributed by atoms with Crippen LogP contribution in [-0.2, 0) is 0 Å². The lowest BCUT2D eigenvalue weighted by molar-refractivity contribution is 1.17. The summed E-state index contributed by atoms with van der Waals surface area (Å²) in [5, 5.41) is 2.07. The van der Waals surface area contributed by atoms with Crippen LogP contribution < -0.4 is 0 Å². The number of aromatic nitrogens is 2. The molecule has 0 bridgehead atoms. The van der Waals surface area contributed by atoms with Crippen LogP contribution >= 0.6 is 11.3 Å². The van der Waals surface area contributed by atoms with Crippen LogP contribution in [0, 0.1) is 6.92 Å². The predicted octanol–water partition coefficient (Wildman–Crippen LogP) is 3.37. The number of pyridine rings is 1. The highest BCUT2D eigenvalue weighted by Gasteiger charge is 2.04. The molecule has 0 aliphatic rings. The van der Waals surface area contributed by atoms with Crippen molar-refractivity contribution in [2.45, 2.75) is 6.92 Å². The van der Waals surface area contributed by atoms with E-state index in [1.165, 1.54) is 10.4 Å². The van der Waals surface area contributed by atoms with Gasteiger partial charge in [0.1, 0.15) is 5.65 Å². The second kappa shape index (κ2) is 3.21. The predicted molar refractivity (Wildman–Crippen MR) is 63.2 cm³/mol. The molecule has 0 atom stereocenters. The van der Waals surface area contributed by atoms with Crippen molar-refractivity contribution < 1.29 is 0 Å². The molecule has 0 radical (unpaired) electrons. The first kappa shape index (κ1) is 8.68. The molecule has 3 heterocycles. The molecule has 0 spiro atoms. The molecule has 2 nitrogen and oxygen atoms in total. The fraction of sp³-hybridized carbons (Fsp3) is 0.0833. The van der Waals surface area contributed by atoms with Crippen LogP contribution in [0.2, 0.25) is 0 Å². The summed E-state index contributed by atoms with van der Waals surface area (Å²) in [4.78, 5) is 5.81. The molecule has 0 fully saturated rings. The highest BCUT2D eigenvalue weighted by atomic mass is 32.1. The summed E-state index contributed by atoms with van der Waals surface area (Å²) < 4.78 is 2.06. The van der Waals surface area contributed by atoms with Crippen LogP contribution in [0.4, 0.5) is 0 Å². The molecule has 0 N–H and O–H groups in total. The Hall–Kier alpha value is -1.61. The van der Waals surface area contributed by atoms with Gasteiger partial charge in [-0.2, -0.15) is 0 Å². The fourth-order valence-electron chi connectivity index (χ4n) is 1.63. The van der Waals surface area contributed by atoms with Crippen LogP contribution in [-0.4, -0.2) is 9.38 Å². The fourth-order valence-corrected chi connectivity index (χ4v) is 2.31. The van der Waals surface area contributed by atoms with Gasteiger partial charge in [0, 0.05) is 12.4 Å². The third kappa shape index (κ3) is 1.45. The molecule has 3 rings (SSSR count). The van der Waals surface area contributed by atoms with E-state index in [9.17, 15) is 0 Å². The summed E-state index contributed by atoms with van der Waals surface area (Å²) in [7, 11) is 0. The topological polar surface area (TPSA) is 17.3 Å². The van der Waals surface area contributed by atoms with Crippen LogP contribution in [0.3, 0.4) is 0 Å². The van der Waals surface area contributed by atoms with Crippen molar-refractivity contribution in [2.75, 3.05) is 0 Å². The van der Waals surface area contributed by atoms with Crippen molar-refractivity contribution in [3.05, 3.63) is 47.6 Å². The Balaban J connectivity index is 2.22. The van der Waals surface area contributed by atoms with Crippen molar-refractivity contribution in [3.8, 4) is 10.6 Å². The smallest absolute Gasteiger partial charge is 0.137 e. The Kier molecular flexibility index (Phi) is 1.86. The van der Waals surface area contributed by atoms with Crippen LogP contribution in [0.15, 0.2) is 42.0 Å². The van der Waals surface area contributed by atoms with Gasteiger partial charge in [-0.15, -0.1) is 11.3 Å². The van der Waals surface area contributed by atoms with E-state index in [2.05, 4.69) is 58.3 Å². The van der Waals surface area contributed by atoms with E-state index < -0.39 is 0 Å². The molecule has 0 aromatic carbocycles. The van der Waals surface area contributed by atoms with E-state index in [0.29, 0.717) is 0 Å². The van der Waals surface area contributed by atoms with Crippen LogP contribution in [0.5, 0.6) is 0 Å². The lowest BCUT2D eigenvalue weighted by atomic mass is 10.3. The quantitative estimate of drug-likeness (QED) is 0.607. The molecule has 3 heteroatoms. The molecule has 3 aromatic heterocycles. The Morgan fingerprint density at radius 1 is 1.33 bits per heavy atom. The van der Waals surface area contributed by atoms with Crippen LogP contribution in [0.1, 0.15) is 5.56 Å². The van der Waals surface area contributed by atoms with Crippen molar-refractivity contribution in [1.82, 2.24) is 9.38 Å². The maximum atomic E-state index is 4.59. The molecule has 74 valence electrons. The average Bonchev–Trinajstić information content (AvgIpc) is 2.84. The largest absolute Gasteiger partial charge is 0.306 e. The highest BCUT2D eigenvalue weighted by molar-refractivity contribution is 7.13. The van der Waals surface area contributed by atoms with Crippen molar-refractivity contribution in [3.63, 3.8) is 0 Å². The molecule has 0 aliphatic carbocycles. The lowest BCUT2D eigenvalue weighted by Gasteiger charge is -1.92. The number of rotatable bonds is 1. The van der Waals surface area contributed by atoms with Gasteiger partial charge in [-0.25, -0.2) is 4.98 Å². The summed E-state index contributed by atoms with van der Waals surface area (Å²) >= 11 is 1.72. The third-order valence-corrected chi connectivity index (χ3v) is 3.28. The maximum Gasteiger partial charge on any atom is 0.137 e. The number of aryl methyl sites for hydroxylation is 1. The zero-order valence-electron chi connectivity index (χ0n) is 8.34. The molecule has 3 aromatic rings. The van der Waals surface area contributed by atoms with E-state index >= 15 is 0 Å². The van der Waals surface area contributed by atoms with Gasteiger partial charge in [0.05, 0.1) is 10.6 Å². The Morgan fingerprint density at radius 2 is 2.27 bits per heavy atom. The zero-order valence-corrected chi connectivity index (χ0v) is 9.16. The highest BCUT2D eigenvalue weighted by Crippen LogP contribution is 2.23. The first-order chi connectivity index (χ1) is 7.33. The average molecular weight is 214 g/mol. The Labute approximate surface area is 91.8 Å². The summed E-state index contributed by atoms with van der Waals surface area (Å²) in [5.41, 5.74) is 3.31. The van der Waals surface area contributed by atoms with Gasteiger partial charge in [0.15, 0.2) is 0 Å². The lowest BCUT2D eigenvalue weighted by Crippen LogP contribution is -1.81. The molecule has 0 amide bonds. The molecule has 0 saturated carbocycles. The van der Waals surface area contributed by atoms with Crippen LogP contribution in [0.25, 0.3) is 16.2 Å². The third-order valence-electron chi connectivity index (χ3n) is 2.39. The minimum Gasteiger partial charge on any atom is -0.306 e. The van der Waals surface area contributed by atoms with Gasteiger partial charge in [0.25, 0.3) is 0 Å². The van der Waals surface area contributed by atoms with Crippen molar-refractivity contribution >= 4 is 17.0 Å². The molecule has 15 heavy (non-hydrogen) atoms. The number of nitrogens with zero attached hydrogens (tertiary/aromatic N) is 2. The Morgan fingerprint density at radius 3 is 3.07 bits per heavy atom. The second-order valence-corrected chi connectivity index (χ2v) is 4.52. The van der Waals surface area contributed by atoms with Gasteiger partial charge < -0.3 is 4.40 Å². The molecular weight excluding hydrogens is 204 g/mol. The standard InChI is InChI=1S/C12H10N2S/c1-9-4-5-14-8-10(13-12(14)7-9)11-3-2-6-15-11/h2-8H,1H3. The van der Waals surface area contributed by atoms with E-state index in [-0.39, 0.29) is 0 Å². The summed E-state index contributed by atoms with van der Waals surface area (Å²) in [6.45, 7) is 2.08. The van der Waals surface area contributed by atoms with Crippen molar-refractivity contribution in [1.29, 1.82) is 0 Å². The van der Waals surface area contributed by atoms with E-state index in [1.54, 1.807) is 11.3 Å². The summed E-state index contributed by atoms with van der Waals surface area (Å²) in [6, 6.07) is 8.33. The Bertz CT molecular complexity index is 593. The second-order valence-electron chi connectivity index (χ2n) is 3.57. The number of fused-ring (bicyclic) bond motifs is 1. The number of imidazole rings is 1. The minimum absolute atomic E-state index is 1.01. The monoisotopic (exact) mass is 214 g/mol. The van der Waals surface area contributed by atoms with Gasteiger partial charge in [-0.3, -0.25) is 0 Å². The van der Waals surface area contributed by atoms with E-state index in [4.69, 9.17) is 0 Å². The number of hydrogen-bond donors (Lipinski definition) is 0. The SMILES string of the molecule is Cc1ccn2cc(-c3cccs3)nc2c1. The number of hydrogen-bond acceptors (Lipinski definition) is 2. The van der Waals surface area contributed by atoms with Gasteiger partial charge in [-0.05, 0) is 36.1 Å². The molecular formula is C12H10N2S. The molecule has 0 unspecified atom stereocenters. The van der Waals surface area contributed by atoms with Gasteiger partial charge in [0.2, 0.25) is 0 Å². The molecule has 0 saturated heterocycles. The zero-order chi connectivity index (χ0) is 10.3. The van der Waals surface area contributed by atoms with E-state index in [1.807, 2.05) is 0 Å². The summed E-state index contributed by atoms with van der Waals surface area (Å²) in [6.07, 6.45) is 4.12. The van der Waals surface area contributed by atoms with Gasteiger partial charge >= 0.3 is 0 Å².